The molecule has 23 heavy (non-hydrogen) atoms. The second-order valence-electron chi connectivity index (χ2n) is 4.37. The van der Waals surface area contributed by atoms with E-state index in [2.05, 4.69) is 4.74 Å². The van der Waals surface area contributed by atoms with E-state index in [4.69, 9.17) is 9.52 Å². The highest BCUT2D eigenvalue weighted by Crippen LogP contribution is 2.30. The molecule has 0 atom stereocenters. The van der Waals surface area contributed by atoms with Crippen molar-refractivity contribution in [3.63, 3.8) is 0 Å². The number of ether oxygens (including phenoxy) is 1. The Balaban J connectivity index is 2.43. The summed E-state index contributed by atoms with van der Waals surface area (Å²) in [4.78, 5) is 10.9. The molecule has 0 aliphatic carbocycles. The fourth-order valence-electron chi connectivity index (χ4n) is 1.69. The van der Waals surface area contributed by atoms with Gasteiger partial charge in [-0.25, -0.2) is 4.79 Å². The predicted octanol–water partition coefficient (Wildman–Crippen LogP) is 2.69. The number of halogens is 2. The van der Waals surface area contributed by atoms with E-state index in [0.29, 0.717) is 5.76 Å². The van der Waals surface area contributed by atoms with Gasteiger partial charge in [0.1, 0.15) is 11.5 Å². The lowest BCUT2D eigenvalue weighted by Gasteiger charge is -2.13. The standard InChI is InChI=1S/C13H11F2NO6S/c1-7-2-5-11(21-7)23(19,20)16-9-6-8(12(17)18)3-4-10(9)22-13(14)15/h2-6,13,16H,1H3,(H,17,18). The van der Waals surface area contributed by atoms with Gasteiger partial charge in [-0.1, -0.05) is 0 Å². The van der Waals surface area contributed by atoms with Gasteiger partial charge in [-0.05, 0) is 37.3 Å². The molecule has 0 radical (unpaired) electrons. The number of sulfonamides is 1. The van der Waals surface area contributed by atoms with Crippen molar-refractivity contribution in [1.82, 2.24) is 0 Å². The highest BCUT2D eigenvalue weighted by molar-refractivity contribution is 7.92. The molecule has 1 aromatic carbocycles. The zero-order valence-electron chi connectivity index (χ0n) is 11.6. The first-order valence-electron chi connectivity index (χ1n) is 6.10. The van der Waals surface area contributed by atoms with Crippen molar-refractivity contribution in [2.24, 2.45) is 0 Å². The molecule has 10 heteroatoms. The summed E-state index contributed by atoms with van der Waals surface area (Å²) in [5.41, 5.74) is -0.751. The summed E-state index contributed by atoms with van der Waals surface area (Å²) in [5, 5.41) is 8.47. The van der Waals surface area contributed by atoms with E-state index >= 15 is 0 Å². The summed E-state index contributed by atoms with van der Waals surface area (Å²) in [6.45, 7) is -1.69. The number of alkyl halides is 2. The molecule has 7 nitrogen and oxygen atoms in total. The second-order valence-corrected chi connectivity index (χ2v) is 5.98. The largest absolute Gasteiger partial charge is 0.478 e. The first-order valence-corrected chi connectivity index (χ1v) is 7.59. The third kappa shape index (κ3) is 3.97. The molecule has 0 bridgehead atoms. The van der Waals surface area contributed by atoms with Crippen molar-refractivity contribution in [1.29, 1.82) is 0 Å². The number of hydrogen-bond donors (Lipinski definition) is 2. The Morgan fingerprint density at radius 3 is 2.52 bits per heavy atom. The molecular weight excluding hydrogens is 336 g/mol. The van der Waals surface area contributed by atoms with Crippen LogP contribution in [0, 0.1) is 6.92 Å². The maximum absolute atomic E-state index is 12.4. The van der Waals surface area contributed by atoms with Gasteiger partial charge in [-0.2, -0.15) is 17.2 Å². The molecule has 0 fully saturated rings. The van der Waals surface area contributed by atoms with Gasteiger partial charge in [0.2, 0.25) is 5.09 Å². The summed E-state index contributed by atoms with van der Waals surface area (Å²) < 4.78 is 60.2. The van der Waals surface area contributed by atoms with Gasteiger partial charge in [0.15, 0.2) is 0 Å². The normalized spacial score (nSPS) is 11.5. The molecule has 124 valence electrons. The van der Waals surface area contributed by atoms with Gasteiger partial charge >= 0.3 is 12.6 Å². The van der Waals surface area contributed by atoms with E-state index in [9.17, 15) is 22.0 Å². The smallest absolute Gasteiger partial charge is 0.387 e. The Kier molecular flexibility index (Phi) is 4.55. The quantitative estimate of drug-likeness (QED) is 0.832. The number of rotatable bonds is 6. The van der Waals surface area contributed by atoms with Crippen LogP contribution < -0.4 is 9.46 Å². The fourth-order valence-corrected chi connectivity index (χ4v) is 2.73. The van der Waals surface area contributed by atoms with Crippen LogP contribution in [-0.2, 0) is 10.0 Å². The van der Waals surface area contributed by atoms with Crippen molar-refractivity contribution in [3.05, 3.63) is 41.7 Å². The van der Waals surface area contributed by atoms with Gasteiger partial charge in [0.25, 0.3) is 10.0 Å². The molecular formula is C13H11F2NO6S. The number of furan rings is 1. The van der Waals surface area contributed by atoms with E-state index in [1.54, 1.807) is 0 Å². The maximum Gasteiger partial charge on any atom is 0.387 e. The first kappa shape index (κ1) is 16.7. The van der Waals surface area contributed by atoms with Crippen LogP contribution >= 0.6 is 0 Å². The summed E-state index contributed by atoms with van der Waals surface area (Å²) in [7, 11) is -4.23. The number of nitrogens with one attached hydrogen (secondary N) is 1. The Labute approximate surface area is 129 Å². The highest BCUT2D eigenvalue weighted by Gasteiger charge is 2.22. The van der Waals surface area contributed by atoms with E-state index in [-0.39, 0.29) is 5.56 Å². The van der Waals surface area contributed by atoms with E-state index in [1.807, 2.05) is 4.72 Å². The van der Waals surface area contributed by atoms with Crippen LogP contribution in [0.25, 0.3) is 0 Å². The third-order valence-electron chi connectivity index (χ3n) is 2.67. The van der Waals surface area contributed by atoms with Crippen LogP contribution in [0.15, 0.2) is 39.8 Å². The molecule has 0 amide bonds. The number of carboxylic acids is 1. The minimum Gasteiger partial charge on any atom is -0.478 e. The van der Waals surface area contributed by atoms with Gasteiger partial charge in [0, 0.05) is 0 Å². The molecule has 0 aliphatic rings. The van der Waals surface area contributed by atoms with Crippen molar-refractivity contribution < 1.29 is 36.3 Å². The summed E-state index contributed by atoms with van der Waals surface area (Å²) in [6, 6.07) is 5.38. The molecule has 2 aromatic rings. The Bertz CT molecular complexity index is 831. The lowest BCUT2D eigenvalue weighted by atomic mass is 10.2. The summed E-state index contributed by atoms with van der Waals surface area (Å²) in [6.07, 6.45) is 0. The molecule has 0 saturated heterocycles. The maximum atomic E-state index is 12.4. The number of anilines is 1. The van der Waals surface area contributed by atoms with Gasteiger partial charge in [-0.3, -0.25) is 4.72 Å². The average Bonchev–Trinajstić information content (AvgIpc) is 2.87. The van der Waals surface area contributed by atoms with Crippen molar-refractivity contribution in [2.75, 3.05) is 4.72 Å². The van der Waals surface area contributed by atoms with Crippen LogP contribution in [0.2, 0.25) is 0 Å². The highest BCUT2D eigenvalue weighted by atomic mass is 32.2. The Morgan fingerprint density at radius 2 is 2.00 bits per heavy atom. The van der Waals surface area contributed by atoms with Crippen molar-refractivity contribution >= 4 is 21.7 Å². The summed E-state index contributed by atoms with van der Waals surface area (Å²) in [5.74, 6) is -1.55. The molecule has 0 unspecified atom stereocenters. The zero-order chi connectivity index (χ0) is 17.2. The van der Waals surface area contributed by atoms with Crippen LogP contribution in [0.1, 0.15) is 16.1 Å². The molecule has 0 aliphatic heterocycles. The minimum absolute atomic E-state index is 0.306. The van der Waals surface area contributed by atoms with Gasteiger partial charge in [-0.15, -0.1) is 0 Å². The average molecular weight is 347 g/mol. The van der Waals surface area contributed by atoms with Crippen LogP contribution in [0.5, 0.6) is 5.75 Å². The zero-order valence-corrected chi connectivity index (χ0v) is 12.4. The number of aryl methyl sites for hydroxylation is 1. The monoisotopic (exact) mass is 347 g/mol. The summed E-state index contributed by atoms with van der Waals surface area (Å²) >= 11 is 0. The Hall–Kier alpha value is -2.62. The first-order chi connectivity index (χ1) is 10.7. The van der Waals surface area contributed by atoms with Gasteiger partial charge < -0.3 is 14.3 Å². The number of aromatic carboxylic acids is 1. The lowest BCUT2D eigenvalue weighted by molar-refractivity contribution is -0.0493. The van der Waals surface area contributed by atoms with Crippen LogP contribution in [0.4, 0.5) is 14.5 Å². The number of carbonyl (C=O) groups is 1. The predicted molar refractivity (Wildman–Crippen MR) is 74.3 cm³/mol. The third-order valence-corrected chi connectivity index (χ3v) is 3.91. The van der Waals surface area contributed by atoms with Crippen molar-refractivity contribution in [3.8, 4) is 5.75 Å². The molecule has 1 heterocycles. The topological polar surface area (TPSA) is 106 Å². The number of carboxylic acid groups (broad SMARTS) is 1. The molecule has 0 spiro atoms. The van der Waals surface area contributed by atoms with E-state index < -0.39 is 39.1 Å². The fraction of sp³-hybridized carbons (Fsp3) is 0.154. The van der Waals surface area contributed by atoms with Crippen LogP contribution in [0.3, 0.4) is 0 Å². The molecule has 2 N–H and O–H groups in total. The number of hydrogen-bond acceptors (Lipinski definition) is 5. The number of benzene rings is 1. The lowest BCUT2D eigenvalue weighted by Crippen LogP contribution is -2.15. The molecule has 0 saturated carbocycles. The Morgan fingerprint density at radius 1 is 1.30 bits per heavy atom. The van der Waals surface area contributed by atoms with E-state index in [1.165, 1.54) is 19.1 Å². The van der Waals surface area contributed by atoms with Crippen LogP contribution in [-0.4, -0.2) is 26.1 Å². The van der Waals surface area contributed by atoms with Crippen molar-refractivity contribution in [2.45, 2.75) is 18.6 Å². The SMILES string of the molecule is Cc1ccc(S(=O)(=O)Nc2cc(C(=O)O)ccc2OC(F)F)o1. The molecule has 1 aromatic heterocycles. The van der Waals surface area contributed by atoms with E-state index in [0.717, 1.165) is 18.2 Å². The minimum atomic E-state index is -4.23. The second kappa shape index (κ2) is 6.24. The molecule has 2 rings (SSSR count). The van der Waals surface area contributed by atoms with Gasteiger partial charge in [0.05, 0.1) is 11.3 Å².